The van der Waals surface area contributed by atoms with E-state index in [1.165, 1.54) is 11.3 Å². The van der Waals surface area contributed by atoms with Gasteiger partial charge in [0.05, 0.1) is 16.3 Å². The molecular weight excluding hydrogens is 359 g/mol. The highest BCUT2D eigenvalue weighted by molar-refractivity contribution is 7.11. The number of halogens is 2. The molecule has 0 atom stereocenters. The van der Waals surface area contributed by atoms with Crippen LogP contribution in [-0.4, -0.2) is 4.98 Å². The number of thiazole rings is 1. The molecule has 0 amide bonds. The van der Waals surface area contributed by atoms with E-state index >= 15 is 0 Å². The van der Waals surface area contributed by atoms with Crippen molar-refractivity contribution in [1.29, 1.82) is 5.26 Å². The number of allylic oxidation sites excluding steroid dienone is 1. The van der Waals surface area contributed by atoms with Gasteiger partial charge >= 0.3 is 0 Å². The first-order valence-electron chi connectivity index (χ1n) is 7.16. The Morgan fingerprint density at radius 2 is 2.04 bits per heavy atom. The first-order chi connectivity index (χ1) is 11.6. The van der Waals surface area contributed by atoms with Crippen molar-refractivity contribution in [1.82, 2.24) is 4.98 Å². The van der Waals surface area contributed by atoms with Gasteiger partial charge in [0.15, 0.2) is 0 Å². The summed E-state index contributed by atoms with van der Waals surface area (Å²) in [5, 5.41) is 13.2. The van der Waals surface area contributed by atoms with Crippen LogP contribution in [0.2, 0.25) is 10.0 Å². The summed E-state index contributed by atoms with van der Waals surface area (Å²) >= 11 is 13.6. The van der Waals surface area contributed by atoms with E-state index in [1.807, 2.05) is 48.7 Å². The molecule has 0 bridgehead atoms. The molecule has 0 radical (unpaired) electrons. The normalized spacial score (nSPS) is 11.3. The van der Waals surface area contributed by atoms with Crippen molar-refractivity contribution in [3.63, 3.8) is 0 Å². The average molecular weight is 371 g/mol. The fraction of sp³-hybridized carbons (Fsp3) is 0.0526. The molecule has 2 aromatic carbocycles. The molecule has 118 valence electrons. The second-order valence-electron chi connectivity index (χ2n) is 5.25. The molecule has 0 unspecified atom stereocenters. The lowest BCUT2D eigenvalue weighted by molar-refractivity contribution is 1.37. The maximum Gasteiger partial charge on any atom is 0.134 e. The lowest BCUT2D eigenvalue weighted by Gasteiger charge is -2.01. The summed E-state index contributed by atoms with van der Waals surface area (Å²) in [6.45, 7) is 2.02. The van der Waals surface area contributed by atoms with Gasteiger partial charge in [0, 0.05) is 16.0 Å². The van der Waals surface area contributed by atoms with E-state index in [0.29, 0.717) is 20.6 Å². The molecule has 0 aliphatic carbocycles. The van der Waals surface area contributed by atoms with Crippen molar-refractivity contribution in [2.24, 2.45) is 0 Å². The third-order valence-corrected chi connectivity index (χ3v) is 4.84. The molecule has 3 aromatic rings. The summed E-state index contributed by atoms with van der Waals surface area (Å²) in [6.07, 6.45) is 1.85. The Labute approximate surface area is 154 Å². The van der Waals surface area contributed by atoms with Gasteiger partial charge < -0.3 is 0 Å². The minimum Gasteiger partial charge on any atom is -0.235 e. The number of hydrogen-bond acceptors (Lipinski definition) is 3. The molecular formula is C19H12Cl2N2S. The van der Waals surface area contributed by atoms with Gasteiger partial charge in [-0.3, -0.25) is 0 Å². The summed E-state index contributed by atoms with van der Waals surface area (Å²) in [4.78, 5) is 4.56. The van der Waals surface area contributed by atoms with E-state index < -0.39 is 0 Å². The van der Waals surface area contributed by atoms with Crippen molar-refractivity contribution < 1.29 is 0 Å². The fourth-order valence-electron chi connectivity index (χ4n) is 2.29. The van der Waals surface area contributed by atoms with Crippen LogP contribution in [0.1, 0.15) is 16.1 Å². The number of aromatic nitrogens is 1. The van der Waals surface area contributed by atoms with Gasteiger partial charge in [0.25, 0.3) is 0 Å². The Bertz CT molecular complexity index is 967. The standard InChI is InChI=1S/C19H12Cl2N2S/c1-12-3-2-4-13(7-12)8-14(10-22)19-23-18(11-24-19)16-6-5-15(20)9-17(16)21/h2-9,11H,1H3. The van der Waals surface area contributed by atoms with Gasteiger partial charge in [-0.1, -0.05) is 53.0 Å². The molecule has 0 spiro atoms. The Balaban J connectivity index is 1.98. The zero-order valence-corrected chi connectivity index (χ0v) is 15.1. The summed E-state index contributed by atoms with van der Waals surface area (Å²) in [7, 11) is 0. The molecule has 2 nitrogen and oxygen atoms in total. The highest BCUT2D eigenvalue weighted by Gasteiger charge is 2.11. The minimum absolute atomic E-state index is 0.530. The number of nitrogens with zero attached hydrogens (tertiary/aromatic N) is 2. The maximum absolute atomic E-state index is 9.49. The monoisotopic (exact) mass is 370 g/mol. The summed E-state index contributed by atoms with van der Waals surface area (Å²) in [5.41, 5.74) is 4.20. The van der Waals surface area contributed by atoms with Gasteiger partial charge in [-0.15, -0.1) is 11.3 Å². The molecule has 24 heavy (non-hydrogen) atoms. The van der Waals surface area contributed by atoms with Crippen LogP contribution in [0.3, 0.4) is 0 Å². The van der Waals surface area contributed by atoms with Crippen LogP contribution < -0.4 is 0 Å². The maximum atomic E-state index is 9.49. The third kappa shape index (κ3) is 3.68. The van der Waals surface area contributed by atoms with E-state index in [0.717, 1.165) is 22.4 Å². The molecule has 0 N–H and O–H groups in total. The van der Waals surface area contributed by atoms with Crippen molar-refractivity contribution in [3.8, 4) is 17.3 Å². The van der Waals surface area contributed by atoms with Crippen molar-refractivity contribution in [2.75, 3.05) is 0 Å². The molecule has 5 heteroatoms. The second-order valence-corrected chi connectivity index (χ2v) is 6.95. The largest absolute Gasteiger partial charge is 0.235 e. The number of rotatable bonds is 3. The first-order valence-corrected chi connectivity index (χ1v) is 8.80. The number of benzene rings is 2. The lowest BCUT2D eigenvalue weighted by Crippen LogP contribution is -1.84. The molecule has 3 rings (SSSR count). The quantitative estimate of drug-likeness (QED) is 0.494. The highest BCUT2D eigenvalue weighted by atomic mass is 35.5. The van der Waals surface area contributed by atoms with E-state index in [1.54, 1.807) is 12.1 Å². The number of aryl methyl sites for hydroxylation is 1. The zero-order chi connectivity index (χ0) is 17.1. The van der Waals surface area contributed by atoms with Crippen LogP contribution in [0.4, 0.5) is 0 Å². The Hall–Kier alpha value is -2.12. The van der Waals surface area contributed by atoms with Gasteiger partial charge in [-0.05, 0) is 36.8 Å². The SMILES string of the molecule is Cc1cccc(C=C(C#N)c2nc(-c3ccc(Cl)cc3Cl)cs2)c1. The Morgan fingerprint density at radius 3 is 2.75 bits per heavy atom. The van der Waals surface area contributed by atoms with Crippen molar-refractivity contribution >= 4 is 46.2 Å². The van der Waals surface area contributed by atoms with E-state index in [4.69, 9.17) is 23.2 Å². The van der Waals surface area contributed by atoms with Crippen LogP contribution in [0.15, 0.2) is 47.8 Å². The molecule has 1 heterocycles. The first kappa shape index (κ1) is 16.7. The summed E-state index contributed by atoms with van der Waals surface area (Å²) in [6, 6.07) is 15.5. The molecule has 0 aliphatic rings. The second kappa shape index (κ2) is 7.19. The molecule has 0 fully saturated rings. The zero-order valence-electron chi connectivity index (χ0n) is 12.8. The molecule has 1 aromatic heterocycles. The topological polar surface area (TPSA) is 36.7 Å². The van der Waals surface area contributed by atoms with Crippen LogP contribution in [-0.2, 0) is 0 Å². The third-order valence-electron chi connectivity index (χ3n) is 3.42. The van der Waals surface area contributed by atoms with Crippen LogP contribution in [0, 0.1) is 18.3 Å². The van der Waals surface area contributed by atoms with Crippen molar-refractivity contribution in [3.05, 3.63) is 74.0 Å². The highest BCUT2D eigenvalue weighted by Crippen LogP contribution is 2.33. The van der Waals surface area contributed by atoms with Gasteiger partial charge in [-0.2, -0.15) is 5.26 Å². The predicted octanol–water partition coefficient (Wildman–Crippen LogP) is 6.49. The average Bonchev–Trinajstić information content (AvgIpc) is 3.02. The fourth-order valence-corrected chi connectivity index (χ4v) is 3.58. The van der Waals surface area contributed by atoms with Crippen LogP contribution in [0.5, 0.6) is 0 Å². The van der Waals surface area contributed by atoms with Crippen LogP contribution in [0.25, 0.3) is 22.9 Å². The molecule has 0 saturated carbocycles. The van der Waals surface area contributed by atoms with Gasteiger partial charge in [0.1, 0.15) is 11.1 Å². The number of nitriles is 1. The molecule has 0 aliphatic heterocycles. The molecule has 0 saturated heterocycles. The Kier molecular flexibility index (Phi) is 5.01. The lowest BCUT2D eigenvalue weighted by atomic mass is 10.1. The summed E-state index contributed by atoms with van der Waals surface area (Å²) < 4.78 is 0. The van der Waals surface area contributed by atoms with Gasteiger partial charge in [-0.25, -0.2) is 4.98 Å². The smallest absolute Gasteiger partial charge is 0.134 e. The summed E-state index contributed by atoms with van der Waals surface area (Å²) in [5.74, 6) is 0. The predicted molar refractivity (Wildman–Crippen MR) is 102 cm³/mol. The van der Waals surface area contributed by atoms with E-state index in [2.05, 4.69) is 11.1 Å². The van der Waals surface area contributed by atoms with Crippen LogP contribution >= 0.6 is 34.5 Å². The number of hydrogen-bond donors (Lipinski definition) is 0. The Morgan fingerprint density at radius 1 is 1.21 bits per heavy atom. The van der Waals surface area contributed by atoms with E-state index in [9.17, 15) is 5.26 Å². The van der Waals surface area contributed by atoms with Crippen molar-refractivity contribution in [2.45, 2.75) is 6.92 Å². The minimum atomic E-state index is 0.530. The van der Waals surface area contributed by atoms with E-state index in [-0.39, 0.29) is 0 Å². The van der Waals surface area contributed by atoms with Gasteiger partial charge in [0.2, 0.25) is 0 Å².